The Morgan fingerprint density at radius 1 is 1.08 bits per heavy atom. The Hall–Kier alpha value is -2.80. The van der Waals surface area contributed by atoms with E-state index in [4.69, 9.17) is 18.9 Å². The van der Waals surface area contributed by atoms with Crippen LogP contribution in [0.2, 0.25) is 0 Å². The maximum atomic E-state index is 12.9. The van der Waals surface area contributed by atoms with Gasteiger partial charge in [-0.05, 0) is 47.9 Å². The van der Waals surface area contributed by atoms with E-state index in [1.807, 2.05) is 11.0 Å². The molecule has 1 amide bonds. The summed E-state index contributed by atoms with van der Waals surface area (Å²) in [6.45, 7) is 12.0. The average molecular weight is 513 g/mol. The minimum Gasteiger partial charge on any atom is -0.493 e. The van der Waals surface area contributed by atoms with Gasteiger partial charge in [-0.3, -0.25) is 9.78 Å². The van der Waals surface area contributed by atoms with Crippen molar-refractivity contribution in [3.8, 4) is 17.2 Å². The van der Waals surface area contributed by atoms with Gasteiger partial charge in [0.05, 0.1) is 20.3 Å². The number of pyridine rings is 1. The van der Waals surface area contributed by atoms with E-state index in [0.717, 1.165) is 23.5 Å². The van der Waals surface area contributed by atoms with E-state index in [2.05, 4.69) is 44.8 Å². The molecule has 204 valence electrons. The number of hydrogen-bond donors (Lipinski definition) is 0. The largest absolute Gasteiger partial charge is 0.493 e. The van der Waals surface area contributed by atoms with Gasteiger partial charge < -0.3 is 23.8 Å². The molecule has 1 saturated heterocycles. The highest BCUT2D eigenvalue weighted by molar-refractivity contribution is 5.93. The standard InChI is InChI=1S/C30H44N2O5/c1-7-8-9-22(18-30(2,3)4)21-37-27-11-10-23(16-28(27)35-6)24-19-32(20-24)29(33)26-17-25(12-13-31-26)36-15-14-34-5/h10-13,16-17,22,24H,7-9,14-15,18-21H2,1-6H3. The molecule has 0 N–H and O–H groups in total. The van der Waals surface area contributed by atoms with Crippen LogP contribution in [0.15, 0.2) is 36.5 Å². The first-order chi connectivity index (χ1) is 17.7. The molecule has 2 heterocycles. The molecule has 7 nitrogen and oxygen atoms in total. The molecule has 0 aliphatic carbocycles. The lowest BCUT2D eigenvalue weighted by atomic mass is 9.83. The number of nitrogens with zero attached hydrogens (tertiary/aromatic N) is 2. The Balaban J connectivity index is 1.57. The number of methoxy groups -OCH3 is 2. The maximum absolute atomic E-state index is 12.9. The number of amides is 1. The zero-order valence-electron chi connectivity index (χ0n) is 23.4. The van der Waals surface area contributed by atoms with Gasteiger partial charge >= 0.3 is 0 Å². The zero-order chi connectivity index (χ0) is 26.8. The molecule has 1 aromatic carbocycles. The summed E-state index contributed by atoms with van der Waals surface area (Å²) < 4.78 is 22.6. The predicted octanol–water partition coefficient (Wildman–Crippen LogP) is 5.98. The fourth-order valence-electron chi connectivity index (χ4n) is 4.75. The Morgan fingerprint density at radius 2 is 1.86 bits per heavy atom. The Morgan fingerprint density at radius 3 is 2.54 bits per heavy atom. The summed E-state index contributed by atoms with van der Waals surface area (Å²) in [5, 5.41) is 0. The van der Waals surface area contributed by atoms with E-state index < -0.39 is 0 Å². The molecule has 0 spiro atoms. The van der Waals surface area contributed by atoms with Crippen LogP contribution in [0.4, 0.5) is 0 Å². The number of carbonyl (C=O) groups excluding carboxylic acids is 1. The van der Waals surface area contributed by atoms with E-state index in [1.54, 1.807) is 32.5 Å². The first-order valence-electron chi connectivity index (χ1n) is 13.4. The quantitative estimate of drug-likeness (QED) is 0.290. The third-order valence-corrected chi connectivity index (χ3v) is 6.68. The summed E-state index contributed by atoms with van der Waals surface area (Å²) in [5.41, 5.74) is 1.81. The average Bonchev–Trinajstić information content (AvgIpc) is 2.84. The van der Waals surface area contributed by atoms with Gasteiger partial charge in [-0.25, -0.2) is 0 Å². The first-order valence-corrected chi connectivity index (χ1v) is 13.4. The number of rotatable bonds is 14. The molecule has 0 bridgehead atoms. The van der Waals surface area contributed by atoms with E-state index in [9.17, 15) is 4.79 Å². The lowest BCUT2D eigenvalue weighted by molar-refractivity contribution is 0.0595. The van der Waals surface area contributed by atoms with Gasteiger partial charge in [0.25, 0.3) is 5.91 Å². The van der Waals surface area contributed by atoms with Crippen molar-refractivity contribution in [1.29, 1.82) is 0 Å². The molecule has 1 aliphatic heterocycles. The number of ether oxygens (including phenoxy) is 4. The van der Waals surface area contributed by atoms with Crippen LogP contribution in [0.1, 0.15) is 75.3 Å². The monoisotopic (exact) mass is 512 g/mol. The molecule has 3 rings (SSSR count). The van der Waals surface area contributed by atoms with Gasteiger partial charge in [-0.15, -0.1) is 0 Å². The predicted molar refractivity (Wildman–Crippen MR) is 146 cm³/mol. The highest BCUT2D eigenvalue weighted by Gasteiger charge is 2.33. The maximum Gasteiger partial charge on any atom is 0.272 e. The van der Waals surface area contributed by atoms with E-state index in [-0.39, 0.29) is 17.2 Å². The molecule has 1 aromatic heterocycles. The Bertz CT molecular complexity index is 998. The Kier molecular flexibility index (Phi) is 10.6. The van der Waals surface area contributed by atoms with Crippen molar-refractivity contribution in [3.05, 3.63) is 47.8 Å². The molecule has 1 aliphatic rings. The van der Waals surface area contributed by atoms with Crippen molar-refractivity contribution in [3.63, 3.8) is 0 Å². The molecular formula is C30H44N2O5. The van der Waals surface area contributed by atoms with Gasteiger partial charge in [0.2, 0.25) is 0 Å². The highest BCUT2D eigenvalue weighted by atomic mass is 16.5. The van der Waals surface area contributed by atoms with Crippen LogP contribution in [-0.4, -0.2) is 62.9 Å². The van der Waals surface area contributed by atoms with Crippen molar-refractivity contribution in [2.75, 3.05) is 47.1 Å². The van der Waals surface area contributed by atoms with Crippen molar-refractivity contribution >= 4 is 5.91 Å². The molecule has 1 atom stereocenters. The van der Waals surface area contributed by atoms with Crippen LogP contribution in [0.3, 0.4) is 0 Å². The van der Waals surface area contributed by atoms with E-state index in [1.165, 1.54) is 19.3 Å². The fourth-order valence-corrected chi connectivity index (χ4v) is 4.75. The second-order valence-electron chi connectivity index (χ2n) is 11.1. The van der Waals surface area contributed by atoms with Crippen LogP contribution in [0.5, 0.6) is 17.2 Å². The molecule has 1 fully saturated rings. The lowest BCUT2D eigenvalue weighted by Crippen LogP contribution is -2.48. The second kappa shape index (κ2) is 13.7. The third-order valence-electron chi connectivity index (χ3n) is 6.68. The van der Waals surface area contributed by atoms with Gasteiger partial charge in [0.1, 0.15) is 18.1 Å². The van der Waals surface area contributed by atoms with Crippen LogP contribution < -0.4 is 14.2 Å². The molecule has 2 aromatic rings. The number of aromatic nitrogens is 1. The normalized spacial score (nSPS) is 14.7. The molecular weight excluding hydrogens is 468 g/mol. The summed E-state index contributed by atoms with van der Waals surface area (Å²) in [6.07, 6.45) is 6.33. The molecule has 7 heteroatoms. The zero-order valence-corrected chi connectivity index (χ0v) is 23.4. The van der Waals surface area contributed by atoms with Gasteiger partial charge in [0, 0.05) is 38.4 Å². The summed E-state index contributed by atoms with van der Waals surface area (Å²) in [6, 6.07) is 9.59. The van der Waals surface area contributed by atoms with Crippen molar-refractivity contribution < 1.29 is 23.7 Å². The Labute approximate surface area is 222 Å². The van der Waals surface area contributed by atoms with Crippen molar-refractivity contribution in [1.82, 2.24) is 9.88 Å². The first kappa shape index (κ1) is 28.8. The van der Waals surface area contributed by atoms with Crippen molar-refractivity contribution in [2.45, 2.75) is 59.3 Å². The fraction of sp³-hybridized carbons (Fsp3) is 0.600. The second-order valence-corrected chi connectivity index (χ2v) is 11.1. The smallest absolute Gasteiger partial charge is 0.272 e. The van der Waals surface area contributed by atoms with E-state index in [0.29, 0.717) is 50.3 Å². The highest BCUT2D eigenvalue weighted by Crippen LogP contribution is 2.36. The summed E-state index contributed by atoms with van der Waals surface area (Å²) in [7, 11) is 3.30. The molecule has 1 unspecified atom stereocenters. The van der Waals surface area contributed by atoms with E-state index >= 15 is 0 Å². The van der Waals surface area contributed by atoms with Crippen LogP contribution in [0, 0.1) is 11.3 Å². The lowest BCUT2D eigenvalue weighted by Gasteiger charge is -2.39. The minimum atomic E-state index is -0.0858. The minimum absolute atomic E-state index is 0.0858. The number of hydrogen-bond acceptors (Lipinski definition) is 6. The summed E-state index contributed by atoms with van der Waals surface area (Å²) >= 11 is 0. The van der Waals surface area contributed by atoms with Gasteiger partial charge in [-0.1, -0.05) is 46.6 Å². The molecule has 0 saturated carbocycles. The summed E-state index contributed by atoms with van der Waals surface area (Å²) in [5.74, 6) is 2.84. The van der Waals surface area contributed by atoms with Gasteiger partial charge in [-0.2, -0.15) is 0 Å². The SMILES string of the molecule is CCCCC(COc1ccc(C2CN(C(=O)c3cc(OCCOC)ccn3)C2)cc1OC)CC(C)(C)C. The topological polar surface area (TPSA) is 70.1 Å². The van der Waals surface area contributed by atoms with Crippen molar-refractivity contribution in [2.24, 2.45) is 11.3 Å². The van der Waals surface area contributed by atoms with Crippen LogP contribution in [-0.2, 0) is 4.74 Å². The summed E-state index contributed by atoms with van der Waals surface area (Å²) in [4.78, 5) is 19.0. The number of benzene rings is 1. The molecule has 37 heavy (non-hydrogen) atoms. The molecule has 0 radical (unpaired) electrons. The number of carbonyl (C=O) groups is 1. The number of likely N-dealkylation sites (tertiary alicyclic amines) is 1. The van der Waals surface area contributed by atoms with Crippen LogP contribution >= 0.6 is 0 Å². The third kappa shape index (κ3) is 8.63. The van der Waals surface area contributed by atoms with Gasteiger partial charge in [0.15, 0.2) is 11.5 Å². The number of unbranched alkanes of at least 4 members (excludes halogenated alkanes) is 1. The van der Waals surface area contributed by atoms with Crippen LogP contribution in [0.25, 0.3) is 0 Å².